The molecule has 1 aliphatic heterocycles. The highest BCUT2D eigenvalue weighted by Crippen LogP contribution is 2.31. The van der Waals surface area contributed by atoms with Gasteiger partial charge >= 0.3 is 6.03 Å². The number of nitrogens with zero attached hydrogens (tertiary/aromatic N) is 2. The quantitative estimate of drug-likeness (QED) is 0.357. The minimum Gasteiger partial charge on any atom is -0.497 e. The highest BCUT2D eigenvalue weighted by Gasteiger charge is 2.46. The van der Waals surface area contributed by atoms with Gasteiger partial charge in [-0.3, -0.25) is 19.9 Å². The third-order valence-corrected chi connectivity index (χ3v) is 4.85. The number of nitrogens with one attached hydrogen (secondary N) is 2. The summed E-state index contributed by atoms with van der Waals surface area (Å²) < 4.78 is 6.61. The average molecular weight is 419 g/mol. The molecule has 31 heavy (non-hydrogen) atoms. The van der Waals surface area contributed by atoms with E-state index in [4.69, 9.17) is 10.5 Å². The minimum atomic E-state index is -1.65. The molecular weight excluding hydrogens is 402 g/mol. The van der Waals surface area contributed by atoms with Crippen LogP contribution in [0.4, 0.5) is 4.79 Å². The van der Waals surface area contributed by atoms with Crippen LogP contribution in [0.3, 0.4) is 0 Å². The lowest BCUT2D eigenvalue weighted by atomic mass is 10.00. The Morgan fingerprint density at radius 1 is 1.32 bits per heavy atom. The summed E-state index contributed by atoms with van der Waals surface area (Å²) in [4.78, 5) is 39.7. The number of ether oxygens (including phenoxy) is 1. The molecule has 1 fully saturated rings. The molecule has 1 aliphatic rings. The van der Waals surface area contributed by atoms with Crippen molar-refractivity contribution < 1.29 is 24.2 Å². The third-order valence-electron chi connectivity index (χ3n) is 4.85. The first-order chi connectivity index (χ1) is 14.8. The van der Waals surface area contributed by atoms with Gasteiger partial charge in [-0.15, -0.1) is 0 Å². The monoisotopic (exact) mass is 419 g/mol. The van der Waals surface area contributed by atoms with Crippen molar-refractivity contribution in [3.63, 3.8) is 0 Å². The SMILES string of the molecule is COc1ccc2cn(C[C@@]3(C#Cc4ccnc(C(N)=O)c4)NC(=O)NC3=O)c(O)c2c1. The molecule has 0 radical (unpaired) electrons. The van der Waals surface area contributed by atoms with Crippen LogP contribution >= 0.6 is 0 Å². The highest BCUT2D eigenvalue weighted by molar-refractivity contribution is 6.09. The van der Waals surface area contributed by atoms with Gasteiger partial charge in [-0.05, 0) is 30.3 Å². The molecule has 4 amide bonds. The number of rotatable bonds is 4. The maximum atomic E-state index is 12.6. The van der Waals surface area contributed by atoms with Crippen LogP contribution in [-0.4, -0.2) is 45.2 Å². The fraction of sp³-hybridized carbons (Fsp3) is 0.143. The summed E-state index contributed by atoms with van der Waals surface area (Å²) in [6.45, 7) is -0.159. The molecule has 4 rings (SSSR count). The lowest BCUT2D eigenvalue weighted by Crippen LogP contribution is -2.49. The smallest absolute Gasteiger partial charge is 0.323 e. The standard InChI is InChI=1S/C21H17N5O5/c1-31-14-3-2-13-10-26(18(28)15(13)9-14)11-21(19(29)24-20(30)25-21)6-4-12-5-7-23-16(8-12)17(22)27/h2-3,5,7-10,28H,11H2,1H3,(H2,22,27)(H2,24,25,29,30)/t21-/m1/s1. The molecule has 0 saturated carbocycles. The Labute approximate surface area is 176 Å². The lowest BCUT2D eigenvalue weighted by molar-refractivity contribution is -0.122. The second kappa shape index (κ2) is 7.38. The number of aromatic nitrogens is 2. The summed E-state index contributed by atoms with van der Waals surface area (Å²) in [6.07, 6.45) is 3.00. The fourth-order valence-corrected chi connectivity index (χ4v) is 3.28. The van der Waals surface area contributed by atoms with Gasteiger partial charge in [0.05, 0.1) is 13.7 Å². The summed E-state index contributed by atoms with van der Waals surface area (Å²) in [5, 5.41) is 16.6. The van der Waals surface area contributed by atoms with Crippen molar-refractivity contribution in [1.82, 2.24) is 20.2 Å². The number of methoxy groups -OCH3 is 1. The van der Waals surface area contributed by atoms with Crippen molar-refractivity contribution in [2.45, 2.75) is 12.1 Å². The van der Waals surface area contributed by atoms with Crippen LogP contribution in [0.1, 0.15) is 16.1 Å². The first kappa shape index (κ1) is 19.8. The molecule has 1 atom stereocenters. The molecule has 1 saturated heterocycles. The van der Waals surface area contributed by atoms with Crippen LogP contribution in [0.2, 0.25) is 0 Å². The van der Waals surface area contributed by atoms with Crippen LogP contribution in [0.15, 0.2) is 42.7 Å². The number of aromatic hydroxyl groups is 1. The zero-order valence-corrected chi connectivity index (χ0v) is 16.3. The number of amides is 4. The summed E-state index contributed by atoms with van der Waals surface area (Å²) in [7, 11) is 1.51. The number of nitrogens with two attached hydrogens (primary N) is 1. The van der Waals surface area contributed by atoms with Gasteiger partial charge in [0.2, 0.25) is 5.54 Å². The molecule has 0 aliphatic carbocycles. The van der Waals surface area contributed by atoms with Crippen LogP contribution in [-0.2, 0) is 11.3 Å². The van der Waals surface area contributed by atoms with Gasteiger partial charge in [-0.1, -0.05) is 11.8 Å². The van der Waals surface area contributed by atoms with Gasteiger partial charge in [-0.25, -0.2) is 4.79 Å². The molecule has 0 bridgehead atoms. The van der Waals surface area contributed by atoms with E-state index in [2.05, 4.69) is 27.5 Å². The number of carbonyl (C=O) groups excluding carboxylic acids is 3. The number of urea groups is 1. The zero-order valence-electron chi connectivity index (χ0n) is 16.3. The molecule has 10 heteroatoms. The van der Waals surface area contributed by atoms with E-state index in [0.29, 0.717) is 22.1 Å². The van der Waals surface area contributed by atoms with E-state index < -0.39 is 23.4 Å². The maximum absolute atomic E-state index is 12.6. The van der Waals surface area contributed by atoms with Crippen molar-refractivity contribution in [3.05, 3.63) is 54.0 Å². The van der Waals surface area contributed by atoms with E-state index >= 15 is 0 Å². The Morgan fingerprint density at radius 2 is 2.13 bits per heavy atom. The number of benzene rings is 1. The van der Waals surface area contributed by atoms with E-state index in [1.54, 1.807) is 24.4 Å². The van der Waals surface area contributed by atoms with Crippen LogP contribution in [0, 0.1) is 11.8 Å². The molecule has 0 unspecified atom stereocenters. The molecule has 10 nitrogen and oxygen atoms in total. The number of pyridine rings is 1. The molecule has 3 aromatic rings. The van der Waals surface area contributed by atoms with Crippen molar-refractivity contribution >= 4 is 28.6 Å². The number of hydrogen-bond acceptors (Lipinski definition) is 6. The van der Waals surface area contributed by atoms with E-state index in [1.165, 1.54) is 30.0 Å². The zero-order chi connectivity index (χ0) is 22.2. The van der Waals surface area contributed by atoms with Gasteiger partial charge in [0.25, 0.3) is 11.8 Å². The van der Waals surface area contributed by atoms with Gasteiger partial charge in [-0.2, -0.15) is 0 Å². The summed E-state index contributed by atoms with van der Waals surface area (Å²) in [6, 6.07) is 7.38. The van der Waals surface area contributed by atoms with Crippen molar-refractivity contribution in [2.24, 2.45) is 5.73 Å². The number of imide groups is 1. The lowest BCUT2D eigenvalue weighted by Gasteiger charge is -2.20. The Bertz CT molecular complexity index is 1300. The van der Waals surface area contributed by atoms with Gasteiger partial charge in [0.1, 0.15) is 11.4 Å². The van der Waals surface area contributed by atoms with Crippen molar-refractivity contribution in [1.29, 1.82) is 0 Å². The second-order valence-corrected chi connectivity index (χ2v) is 6.89. The fourth-order valence-electron chi connectivity index (χ4n) is 3.28. The minimum absolute atomic E-state index is 0.0176. The Morgan fingerprint density at radius 3 is 2.81 bits per heavy atom. The second-order valence-electron chi connectivity index (χ2n) is 6.89. The Kier molecular flexibility index (Phi) is 4.71. The van der Waals surface area contributed by atoms with Crippen LogP contribution < -0.4 is 21.1 Å². The van der Waals surface area contributed by atoms with Crippen LogP contribution in [0.25, 0.3) is 10.8 Å². The van der Waals surface area contributed by atoms with Crippen molar-refractivity contribution in [2.75, 3.05) is 7.11 Å². The van der Waals surface area contributed by atoms with Crippen LogP contribution in [0.5, 0.6) is 11.6 Å². The summed E-state index contributed by atoms with van der Waals surface area (Å²) >= 11 is 0. The Balaban J connectivity index is 1.75. The molecule has 0 spiro atoms. The normalized spacial score (nSPS) is 17.6. The predicted molar refractivity (Wildman–Crippen MR) is 109 cm³/mol. The highest BCUT2D eigenvalue weighted by atomic mass is 16.5. The maximum Gasteiger partial charge on any atom is 0.323 e. The molecule has 1 aromatic carbocycles. The first-order valence-corrected chi connectivity index (χ1v) is 9.10. The number of primary amides is 1. The average Bonchev–Trinajstić information content (AvgIpc) is 3.21. The summed E-state index contributed by atoms with van der Waals surface area (Å²) in [5.41, 5.74) is 3.98. The van der Waals surface area contributed by atoms with Gasteiger partial charge in [0, 0.05) is 28.7 Å². The summed E-state index contributed by atoms with van der Waals surface area (Å²) in [5.74, 6) is 4.62. The predicted octanol–water partition coefficient (Wildman–Crippen LogP) is 0.479. The first-order valence-electron chi connectivity index (χ1n) is 9.10. The van der Waals surface area contributed by atoms with E-state index in [-0.39, 0.29) is 18.1 Å². The molecule has 3 heterocycles. The van der Waals surface area contributed by atoms with Gasteiger partial charge < -0.3 is 25.5 Å². The molecule has 156 valence electrons. The Hall–Kier alpha value is -4.52. The van der Waals surface area contributed by atoms with E-state index in [9.17, 15) is 19.5 Å². The van der Waals surface area contributed by atoms with Crippen molar-refractivity contribution in [3.8, 4) is 23.5 Å². The number of fused-ring (bicyclic) bond motifs is 1. The number of hydrogen-bond donors (Lipinski definition) is 4. The third kappa shape index (κ3) is 3.60. The molecular formula is C21H17N5O5. The van der Waals surface area contributed by atoms with E-state index in [1.807, 2.05) is 0 Å². The molecule has 2 aromatic heterocycles. The molecule has 5 N–H and O–H groups in total. The topological polar surface area (TPSA) is 149 Å². The van der Waals surface area contributed by atoms with Gasteiger partial charge in [0.15, 0.2) is 5.88 Å². The van der Waals surface area contributed by atoms with E-state index in [0.717, 1.165) is 0 Å². The number of carbonyl (C=O) groups is 3. The largest absolute Gasteiger partial charge is 0.497 e.